The molecule has 0 aliphatic carbocycles. The molecule has 3 nitrogen and oxygen atoms in total. The number of nitrogens with zero attached hydrogens (tertiary/aromatic N) is 2. The van der Waals surface area contributed by atoms with E-state index in [0.29, 0.717) is 5.92 Å². The van der Waals surface area contributed by atoms with Crippen LogP contribution < -0.4 is 5.32 Å². The van der Waals surface area contributed by atoms with Gasteiger partial charge in [0, 0.05) is 13.0 Å². The average molecular weight is 326 g/mol. The largest absolute Gasteiger partial charge is 0.317 e. The third-order valence-corrected chi connectivity index (χ3v) is 5.15. The lowest BCUT2D eigenvalue weighted by atomic mass is 9.94. The van der Waals surface area contributed by atoms with Crippen molar-refractivity contribution in [2.24, 2.45) is 7.05 Å². The molecule has 0 radical (unpaired) electrons. The Morgan fingerprint density at radius 1 is 1.44 bits per heavy atom. The van der Waals surface area contributed by atoms with Crippen LogP contribution in [-0.4, -0.2) is 22.9 Å². The molecular weight excluding hydrogens is 310 g/mol. The Morgan fingerprint density at radius 2 is 2.22 bits per heavy atom. The number of aryl methyl sites for hydroxylation is 1. The SMILES string of the molecule is Cn1nc(C2CCNCC2)c(Br)c1-c1cccs1. The molecule has 1 saturated heterocycles. The minimum absolute atomic E-state index is 0.584. The zero-order valence-electron chi connectivity index (χ0n) is 10.3. The van der Waals surface area contributed by atoms with Crippen LogP contribution in [0.5, 0.6) is 0 Å². The molecule has 0 atom stereocenters. The summed E-state index contributed by atoms with van der Waals surface area (Å²) in [5.41, 5.74) is 2.43. The van der Waals surface area contributed by atoms with Crippen molar-refractivity contribution in [2.45, 2.75) is 18.8 Å². The molecule has 0 spiro atoms. The lowest BCUT2D eigenvalue weighted by molar-refractivity contribution is 0.449. The topological polar surface area (TPSA) is 29.9 Å². The summed E-state index contributed by atoms with van der Waals surface area (Å²) in [6.07, 6.45) is 2.36. The van der Waals surface area contributed by atoms with Gasteiger partial charge in [0.15, 0.2) is 0 Å². The number of rotatable bonds is 2. The summed E-state index contributed by atoms with van der Waals surface area (Å²) in [7, 11) is 2.03. The number of hydrogen-bond donors (Lipinski definition) is 1. The Morgan fingerprint density at radius 3 is 2.89 bits per heavy atom. The Labute approximate surface area is 119 Å². The predicted octanol–water partition coefficient (Wildman–Crippen LogP) is 3.38. The normalized spacial score (nSPS) is 17.2. The molecule has 5 heteroatoms. The number of thiophene rings is 1. The summed E-state index contributed by atoms with van der Waals surface area (Å²) in [4.78, 5) is 1.28. The first-order chi connectivity index (χ1) is 8.77. The lowest BCUT2D eigenvalue weighted by Gasteiger charge is -2.21. The van der Waals surface area contributed by atoms with Crippen molar-refractivity contribution in [3.8, 4) is 10.6 Å². The van der Waals surface area contributed by atoms with Gasteiger partial charge >= 0.3 is 0 Å². The molecule has 0 bridgehead atoms. The van der Waals surface area contributed by atoms with E-state index < -0.39 is 0 Å². The van der Waals surface area contributed by atoms with Gasteiger partial charge in [-0.2, -0.15) is 5.10 Å². The molecule has 2 aromatic heterocycles. The molecule has 3 rings (SSSR count). The minimum atomic E-state index is 0.584. The van der Waals surface area contributed by atoms with Crippen molar-refractivity contribution in [3.63, 3.8) is 0 Å². The van der Waals surface area contributed by atoms with E-state index in [0.717, 1.165) is 13.1 Å². The number of nitrogens with one attached hydrogen (secondary N) is 1. The van der Waals surface area contributed by atoms with Crippen LogP contribution in [-0.2, 0) is 7.05 Å². The highest BCUT2D eigenvalue weighted by Gasteiger charge is 2.24. The number of halogens is 1. The van der Waals surface area contributed by atoms with Crippen LogP contribution in [0.2, 0.25) is 0 Å². The highest BCUT2D eigenvalue weighted by molar-refractivity contribution is 9.10. The van der Waals surface area contributed by atoms with Crippen LogP contribution in [0.4, 0.5) is 0 Å². The zero-order chi connectivity index (χ0) is 12.5. The molecule has 1 N–H and O–H groups in total. The zero-order valence-corrected chi connectivity index (χ0v) is 12.7. The van der Waals surface area contributed by atoms with E-state index in [4.69, 9.17) is 5.10 Å². The second kappa shape index (κ2) is 5.15. The van der Waals surface area contributed by atoms with E-state index in [1.807, 2.05) is 11.7 Å². The van der Waals surface area contributed by atoms with Crippen LogP contribution in [0, 0.1) is 0 Å². The van der Waals surface area contributed by atoms with Gasteiger partial charge in [0.1, 0.15) is 0 Å². The highest BCUT2D eigenvalue weighted by atomic mass is 79.9. The Hall–Kier alpha value is -0.650. The van der Waals surface area contributed by atoms with Gasteiger partial charge in [-0.3, -0.25) is 4.68 Å². The maximum Gasteiger partial charge on any atom is 0.0923 e. The third kappa shape index (κ3) is 2.15. The first-order valence-corrected chi connectivity index (χ1v) is 7.91. The molecule has 3 heterocycles. The minimum Gasteiger partial charge on any atom is -0.317 e. The molecule has 18 heavy (non-hydrogen) atoms. The molecule has 0 amide bonds. The summed E-state index contributed by atoms with van der Waals surface area (Å²) in [6.45, 7) is 2.20. The third-order valence-electron chi connectivity index (χ3n) is 3.49. The molecular formula is C13H16BrN3S. The Kier molecular flexibility index (Phi) is 3.54. The van der Waals surface area contributed by atoms with Gasteiger partial charge in [-0.15, -0.1) is 11.3 Å². The highest BCUT2D eigenvalue weighted by Crippen LogP contribution is 2.38. The molecule has 1 aliphatic heterocycles. The van der Waals surface area contributed by atoms with Crippen molar-refractivity contribution in [1.82, 2.24) is 15.1 Å². The van der Waals surface area contributed by atoms with Crippen molar-refractivity contribution in [3.05, 3.63) is 27.7 Å². The van der Waals surface area contributed by atoms with Crippen molar-refractivity contribution in [2.75, 3.05) is 13.1 Å². The first kappa shape index (κ1) is 12.4. The quantitative estimate of drug-likeness (QED) is 0.917. The van der Waals surface area contributed by atoms with Gasteiger partial charge in [0.2, 0.25) is 0 Å². The molecule has 1 aliphatic rings. The van der Waals surface area contributed by atoms with Crippen LogP contribution in [0.1, 0.15) is 24.5 Å². The summed E-state index contributed by atoms with van der Waals surface area (Å²) in [5.74, 6) is 0.584. The van der Waals surface area contributed by atoms with E-state index in [2.05, 4.69) is 38.8 Å². The van der Waals surface area contributed by atoms with Gasteiger partial charge in [0.25, 0.3) is 0 Å². The fourth-order valence-electron chi connectivity index (χ4n) is 2.56. The van der Waals surface area contributed by atoms with Crippen molar-refractivity contribution < 1.29 is 0 Å². The molecule has 0 unspecified atom stereocenters. The Bertz CT molecular complexity index is 527. The second-order valence-electron chi connectivity index (χ2n) is 4.67. The van der Waals surface area contributed by atoms with Crippen LogP contribution in [0.25, 0.3) is 10.6 Å². The van der Waals surface area contributed by atoms with Gasteiger partial charge in [-0.25, -0.2) is 0 Å². The van der Waals surface area contributed by atoms with E-state index in [1.165, 1.54) is 33.6 Å². The second-order valence-corrected chi connectivity index (χ2v) is 6.41. The fraction of sp³-hybridized carbons (Fsp3) is 0.462. The van der Waals surface area contributed by atoms with E-state index in [-0.39, 0.29) is 0 Å². The fourth-order valence-corrected chi connectivity index (χ4v) is 4.37. The van der Waals surface area contributed by atoms with E-state index in [9.17, 15) is 0 Å². The summed E-state index contributed by atoms with van der Waals surface area (Å²) in [5, 5.41) is 10.3. The predicted molar refractivity (Wildman–Crippen MR) is 79.1 cm³/mol. The Balaban J connectivity index is 2.00. The smallest absolute Gasteiger partial charge is 0.0923 e. The summed E-state index contributed by atoms with van der Waals surface area (Å²) >= 11 is 5.52. The number of piperidine rings is 1. The van der Waals surface area contributed by atoms with Crippen LogP contribution in [0.3, 0.4) is 0 Å². The number of hydrogen-bond acceptors (Lipinski definition) is 3. The van der Waals surface area contributed by atoms with Gasteiger partial charge in [-0.05, 0) is 53.3 Å². The summed E-state index contributed by atoms with van der Waals surface area (Å²) < 4.78 is 3.19. The van der Waals surface area contributed by atoms with E-state index in [1.54, 1.807) is 11.3 Å². The molecule has 1 fully saturated rings. The lowest BCUT2D eigenvalue weighted by Crippen LogP contribution is -2.27. The van der Waals surface area contributed by atoms with Crippen molar-refractivity contribution in [1.29, 1.82) is 0 Å². The van der Waals surface area contributed by atoms with Gasteiger partial charge in [-0.1, -0.05) is 6.07 Å². The standard InChI is InChI=1S/C13H16BrN3S/c1-17-13(10-3-2-8-18-10)11(14)12(16-17)9-4-6-15-7-5-9/h2-3,8-9,15H,4-7H2,1H3. The molecule has 0 aromatic carbocycles. The molecule has 96 valence electrons. The first-order valence-electron chi connectivity index (χ1n) is 6.24. The van der Waals surface area contributed by atoms with Crippen LogP contribution in [0.15, 0.2) is 22.0 Å². The van der Waals surface area contributed by atoms with Gasteiger partial charge < -0.3 is 5.32 Å². The maximum atomic E-state index is 4.74. The average Bonchev–Trinajstić information content (AvgIpc) is 2.99. The van der Waals surface area contributed by atoms with Gasteiger partial charge in [0.05, 0.1) is 20.7 Å². The van der Waals surface area contributed by atoms with Crippen molar-refractivity contribution >= 4 is 27.3 Å². The maximum absolute atomic E-state index is 4.74. The monoisotopic (exact) mass is 325 g/mol. The molecule has 0 saturated carbocycles. The van der Waals surface area contributed by atoms with Crippen LogP contribution >= 0.6 is 27.3 Å². The molecule has 2 aromatic rings. The summed E-state index contributed by atoms with van der Waals surface area (Å²) in [6, 6.07) is 4.24. The number of aromatic nitrogens is 2. The van der Waals surface area contributed by atoms with E-state index >= 15 is 0 Å².